The molecule has 152 valence electrons. The van der Waals surface area contributed by atoms with Gasteiger partial charge in [-0.15, -0.1) is 11.3 Å². The van der Waals surface area contributed by atoms with Crippen molar-refractivity contribution in [2.75, 3.05) is 5.32 Å². The van der Waals surface area contributed by atoms with Crippen LogP contribution >= 0.6 is 22.9 Å². The second-order valence-corrected chi connectivity index (χ2v) is 7.97. The third-order valence-corrected chi connectivity index (χ3v) is 5.72. The molecular weight excluding hydrogens is 426 g/mol. The molecule has 0 radical (unpaired) electrons. The van der Waals surface area contributed by atoms with Crippen LogP contribution < -0.4 is 5.32 Å². The lowest BCUT2D eigenvalue weighted by Crippen LogP contribution is -2.46. The predicted octanol–water partition coefficient (Wildman–Crippen LogP) is 3.70. The Hall–Kier alpha value is -3.23. The van der Waals surface area contributed by atoms with Gasteiger partial charge in [0.05, 0.1) is 28.0 Å². The number of fused-ring (bicyclic) bond motifs is 1. The molecule has 2 N–H and O–H groups in total. The summed E-state index contributed by atoms with van der Waals surface area (Å²) in [7, 11) is 0. The highest BCUT2D eigenvalue weighted by atomic mass is 35.5. The number of carboxylic acid groups (broad SMARTS) is 1. The van der Waals surface area contributed by atoms with E-state index in [4.69, 9.17) is 16.7 Å². The fourth-order valence-electron chi connectivity index (χ4n) is 3.33. The molecule has 2 aromatic carbocycles. The van der Waals surface area contributed by atoms with E-state index < -0.39 is 12.0 Å². The maximum atomic E-state index is 13.4. The number of halogens is 1. The van der Waals surface area contributed by atoms with Gasteiger partial charge in [-0.05, 0) is 35.9 Å². The Balaban J connectivity index is 1.72. The zero-order valence-electron chi connectivity index (χ0n) is 15.5. The number of amides is 2. The number of hydrogen-bond donors (Lipinski definition) is 2. The van der Waals surface area contributed by atoms with Crippen molar-refractivity contribution >= 4 is 46.4 Å². The number of benzene rings is 2. The first-order valence-electron chi connectivity index (χ1n) is 9.03. The molecule has 0 saturated carbocycles. The molecule has 0 saturated heterocycles. The van der Waals surface area contributed by atoms with Crippen LogP contribution in [0.2, 0.25) is 5.02 Å². The zero-order chi connectivity index (χ0) is 21.3. The normalized spacial score (nSPS) is 16.0. The number of hydrogen-bond acceptors (Lipinski definition) is 5. The van der Waals surface area contributed by atoms with Crippen LogP contribution in [0.25, 0.3) is 0 Å². The van der Waals surface area contributed by atoms with E-state index in [0.717, 1.165) is 0 Å². The SMILES string of the molecule is O=C(O)c1ccc(CN2C(=O)c3ccc(Cl)cc3NC(=O)[C@@H]2Cc2cscn2)cc1. The molecule has 1 aromatic heterocycles. The number of nitrogens with zero attached hydrogens (tertiary/aromatic N) is 2. The average Bonchev–Trinajstić information content (AvgIpc) is 3.21. The molecule has 9 heteroatoms. The van der Waals surface area contributed by atoms with E-state index in [2.05, 4.69) is 10.3 Å². The Morgan fingerprint density at radius 3 is 2.63 bits per heavy atom. The van der Waals surface area contributed by atoms with Gasteiger partial charge >= 0.3 is 5.97 Å². The molecule has 1 atom stereocenters. The molecule has 1 aliphatic heterocycles. The molecule has 0 aliphatic carbocycles. The second kappa shape index (κ2) is 8.25. The number of aromatic carboxylic acids is 1. The number of aromatic nitrogens is 1. The number of thiazole rings is 1. The molecular formula is C21H16ClN3O4S. The Morgan fingerprint density at radius 1 is 1.20 bits per heavy atom. The van der Waals surface area contributed by atoms with Crippen LogP contribution in [0.1, 0.15) is 32.0 Å². The minimum atomic E-state index is -1.03. The van der Waals surface area contributed by atoms with Crippen LogP contribution in [0.5, 0.6) is 0 Å². The van der Waals surface area contributed by atoms with Crippen LogP contribution in [0.3, 0.4) is 0 Å². The van der Waals surface area contributed by atoms with E-state index in [1.54, 1.807) is 35.8 Å². The van der Waals surface area contributed by atoms with Gasteiger partial charge in [0.25, 0.3) is 5.91 Å². The van der Waals surface area contributed by atoms with Gasteiger partial charge in [0, 0.05) is 23.4 Å². The first-order chi connectivity index (χ1) is 14.4. The third kappa shape index (κ3) is 4.05. The average molecular weight is 442 g/mol. The van der Waals surface area contributed by atoms with Gasteiger partial charge in [-0.2, -0.15) is 0 Å². The van der Waals surface area contributed by atoms with Crippen molar-refractivity contribution in [1.82, 2.24) is 9.88 Å². The smallest absolute Gasteiger partial charge is 0.335 e. The van der Waals surface area contributed by atoms with Crippen molar-refractivity contribution in [2.45, 2.75) is 19.0 Å². The van der Waals surface area contributed by atoms with Gasteiger partial charge in [0.2, 0.25) is 5.91 Å². The summed E-state index contributed by atoms with van der Waals surface area (Å²) in [4.78, 5) is 43.3. The highest BCUT2D eigenvalue weighted by Crippen LogP contribution is 2.28. The number of carboxylic acids is 1. The Bertz CT molecular complexity index is 1120. The predicted molar refractivity (Wildman–Crippen MR) is 113 cm³/mol. The molecule has 3 aromatic rings. The molecule has 30 heavy (non-hydrogen) atoms. The van der Waals surface area contributed by atoms with Gasteiger partial charge < -0.3 is 15.3 Å². The van der Waals surface area contributed by atoms with E-state index in [1.165, 1.54) is 28.4 Å². The number of carbonyl (C=O) groups excluding carboxylic acids is 2. The highest BCUT2D eigenvalue weighted by molar-refractivity contribution is 7.07. The number of anilines is 1. The summed E-state index contributed by atoms with van der Waals surface area (Å²) in [5, 5.41) is 14.2. The van der Waals surface area contributed by atoms with Crippen LogP contribution in [0.15, 0.2) is 53.4 Å². The lowest BCUT2D eigenvalue weighted by atomic mass is 10.1. The van der Waals surface area contributed by atoms with Crippen LogP contribution in [0.4, 0.5) is 5.69 Å². The molecule has 0 bridgehead atoms. The quantitative estimate of drug-likeness (QED) is 0.628. The summed E-state index contributed by atoms with van der Waals surface area (Å²) < 4.78 is 0. The van der Waals surface area contributed by atoms with Crippen molar-refractivity contribution in [3.8, 4) is 0 Å². The van der Waals surface area contributed by atoms with Crippen LogP contribution in [0, 0.1) is 0 Å². The number of nitrogens with one attached hydrogen (secondary N) is 1. The van der Waals surface area contributed by atoms with E-state index in [1.807, 2.05) is 5.38 Å². The summed E-state index contributed by atoms with van der Waals surface area (Å²) >= 11 is 7.47. The van der Waals surface area contributed by atoms with Crippen molar-refractivity contribution in [1.29, 1.82) is 0 Å². The minimum absolute atomic E-state index is 0.142. The van der Waals surface area contributed by atoms with Crippen LogP contribution in [-0.2, 0) is 17.8 Å². The second-order valence-electron chi connectivity index (χ2n) is 6.81. The maximum Gasteiger partial charge on any atom is 0.335 e. The van der Waals surface area contributed by atoms with Gasteiger partial charge in [0.1, 0.15) is 6.04 Å². The molecule has 2 amide bonds. The number of rotatable bonds is 5. The number of carbonyl (C=O) groups is 3. The standard InChI is InChI=1S/C21H16ClN3O4S/c22-14-5-6-16-17(7-14)24-19(26)18(8-15-10-30-11-23-15)25(20(16)27)9-12-1-3-13(4-2-12)21(28)29/h1-7,10-11,18H,8-9H2,(H,24,26)(H,28,29)/t18-/m0/s1. The zero-order valence-corrected chi connectivity index (χ0v) is 17.1. The first kappa shape index (κ1) is 20.1. The van der Waals surface area contributed by atoms with Gasteiger partial charge in [-0.3, -0.25) is 9.59 Å². The van der Waals surface area contributed by atoms with Crippen molar-refractivity contribution in [3.63, 3.8) is 0 Å². The lowest BCUT2D eigenvalue weighted by Gasteiger charge is -2.28. The first-order valence-corrected chi connectivity index (χ1v) is 10.3. The molecule has 0 unspecified atom stereocenters. The van der Waals surface area contributed by atoms with Crippen molar-refractivity contribution in [3.05, 3.63) is 80.8 Å². The van der Waals surface area contributed by atoms with Gasteiger partial charge in [-0.1, -0.05) is 23.7 Å². The Morgan fingerprint density at radius 2 is 1.97 bits per heavy atom. The molecule has 4 rings (SSSR count). The molecule has 0 spiro atoms. The molecule has 1 aliphatic rings. The summed E-state index contributed by atoms with van der Waals surface area (Å²) in [6.45, 7) is 0.142. The monoisotopic (exact) mass is 441 g/mol. The maximum absolute atomic E-state index is 13.4. The van der Waals surface area contributed by atoms with Crippen molar-refractivity contribution in [2.24, 2.45) is 0 Å². The largest absolute Gasteiger partial charge is 0.478 e. The summed E-state index contributed by atoms with van der Waals surface area (Å²) in [5.41, 5.74) is 3.96. The van der Waals surface area contributed by atoms with E-state index >= 15 is 0 Å². The van der Waals surface area contributed by atoms with Gasteiger partial charge in [0.15, 0.2) is 0 Å². The van der Waals surface area contributed by atoms with E-state index in [0.29, 0.717) is 27.5 Å². The molecule has 0 fully saturated rings. The van der Waals surface area contributed by atoms with E-state index in [9.17, 15) is 14.4 Å². The van der Waals surface area contributed by atoms with Gasteiger partial charge in [-0.25, -0.2) is 9.78 Å². The highest BCUT2D eigenvalue weighted by Gasteiger charge is 2.36. The summed E-state index contributed by atoms with van der Waals surface area (Å²) in [6, 6.07) is 10.2. The topological polar surface area (TPSA) is 99.6 Å². The minimum Gasteiger partial charge on any atom is -0.478 e. The van der Waals surface area contributed by atoms with E-state index in [-0.39, 0.29) is 30.3 Å². The lowest BCUT2D eigenvalue weighted by molar-refractivity contribution is -0.120. The molecule has 7 nitrogen and oxygen atoms in total. The summed E-state index contributed by atoms with van der Waals surface area (Å²) in [5.74, 6) is -1.68. The third-order valence-electron chi connectivity index (χ3n) is 4.85. The molecule has 2 heterocycles. The fourth-order valence-corrected chi connectivity index (χ4v) is 4.07. The van der Waals surface area contributed by atoms with Crippen molar-refractivity contribution < 1.29 is 19.5 Å². The Labute approximate surface area is 180 Å². The Kier molecular flexibility index (Phi) is 5.52. The fraction of sp³-hybridized carbons (Fsp3) is 0.143. The van der Waals surface area contributed by atoms with Crippen LogP contribution in [-0.4, -0.2) is 38.8 Å². The summed E-state index contributed by atoms with van der Waals surface area (Å²) in [6.07, 6.45) is 0.260.